The number of benzene rings is 1. The third-order valence-electron chi connectivity index (χ3n) is 3.85. The van der Waals surface area contributed by atoms with Crippen LogP contribution in [0.4, 0.5) is 0 Å². The zero-order valence-corrected chi connectivity index (χ0v) is 13.6. The highest BCUT2D eigenvalue weighted by molar-refractivity contribution is 6.05. The number of nitrogens with one attached hydrogen (secondary N) is 1. The topological polar surface area (TPSA) is 64.0 Å². The Morgan fingerprint density at radius 1 is 1.23 bits per heavy atom. The summed E-state index contributed by atoms with van der Waals surface area (Å²) in [5.41, 5.74) is -0.153. The van der Waals surface area contributed by atoms with Crippen molar-refractivity contribution in [2.24, 2.45) is 0 Å². The zero-order valence-electron chi connectivity index (χ0n) is 13.6. The molecule has 0 aliphatic heterocycles. The first-order valence-electron chi connectivity index (χ1n) is 7.72. The lowest BCUT2D eigenvalue weighted by molar-refractivity contribution is 0.0905. The highest BCUT2D eigenvalue weighted by Gasteiger charge is 2.22. The first-order valence-corrected chi connectivity index (χ1v) is 7.72. The molecule has 0 spiro atoms. The molecule has 22 heavy (non-hydrogen) atoms. The van der Waals surface area contributed by atoms with Gasteiger partial charge in [0.1, 0.15) is 0 Å². The van der Waals surface area contributed by atoms with Gasteiger partial charge in [-0.1, -0.05) is 32.0 Å². The average Bonchev–Trinajstić information content (AvgIpc) is 2.50. The molecule has 0 unspecified atom stereocenters. The van der Waals surface area contributed by atoms with Gasteiger partial charge in [-0.05, 0) is 32.8 Å². The molecule has 2 rings (SSSR count). The van der Waals surface area contributed by atoms with E-state index in [4.69, 9.17) is 0 Å². The number of aromatic nitrogens is 2. The van der Waals surface area contributed by atoms with Crippen LogP contribution in [-0.2, 0) is 6.54 Å². The Balaban J connectivity index is 2.59. The van der Waals surface area contributed by atoms with E-state index in [2.05, 4.69) is 10.4 Å². The number of carbonyl (C=O) groups excluding carboxylic acids is 1. The van der Waals surface area contributed by atoms with Crippen molar-refractivity contribution in [1.82, 2.24) is 15.1 Å². The predicted molar refractivity (Wildman–Crippen MR) is 88.1 cm³/mol. The van der Waals surface area contributed by atoms with Crippen LogP contribution in [0.1, 0.15) is 51.0 Å². The molecule has 0 radical (unpaired) electrons. The predicted octanol–water partition coefficient (Wildman–Crippen LogP) is 2.72. The molecule has 118 valence electrons. The van der Waals surface area contributed by atoms with Crippen LogP contribution in [0.5, 0.6) is 0 Å². The first kappa shape index (κ1) is 16.2. The van der Waals surface area contributed by atoms with Crippen molar-refractivity contribution in [2.75, 3.05) is 0 Å². The molecule has 1 heterocycles. The van der Waals surface area contributed by atoms with Gasteiger partial charge in [0, 0.05) is 17.5 Å². The summed E-state index contributed by atoms with van der Waals surface area (Å²) in [6, 6.07) is 7.13. The van der Waals surface area contributed by atoms with Crippen LogP contribution in [0.15, 0.2) is 29.1 Å². The van der Waals surface area contributed by atoms with E-state index < -0.39 is 0 Å². The fourth-order valence-electron chi connectivity index (χ4n) is 2.22. The van der Waals surface area contributed by atoms with Crippen LogP contribution in [0.25, 0.3) is 10.8 Å². The fourth-order valence-corrected chi connectivity index (χ4v) is 2.22. The van der Waals surface area contributed by atoms with Crippen molar-refractivity contribution < 1.29 is 4.79 Å². The van der Waals surface area contributed by atoms with Crippen molar-refractivity contribution in [3.05, 3.63) is 40.3 Å². The van der Waals surface area contributed by atoms with Crippen molar-refractivity contribution in [2.45, 2.75) is 52.6 Å². The third-order valence-corrected chi connectivity index (χ3v) is 3.85. The summed E-state index contributed by atoms with van der Waals surface area (Å²) in [7, 11) is 0. The average molecular weight is 301 g/mol. The van der Waals surface area contributed by atoms with E-state index in [1.54, 1.807) is 18.2 Å². The maximum absolute atomic E-state index is 12.6. The molecular formula is C17H23N3O2. The molecule has 1 N–H and O–H groups in total. The summed E-state index contributed by atoms with van der Waals surface area (Å²) in [5, 5.41) is 8.42. The van der Waals surface area contributed by atoms with E-state index in [9.17, 15) is 9.59 Å². The van der Waals surface area contributed by atoms with Gasteiger partial charge in [0.25, 0.3) is 11.5 Å². The monoisotopic (exact) mass is 301 g/mol. The minimum atomic E-state index is -0.314. The van der Waals surface area contributed by atoms with E-state index in [0.29, 0.717) is 23.0 Å². The van der Waals surface area contributed by atoms with Gasteiger partial charge in [-0.2, -0.15) is 5.10 Å². The molecule has 0 fully saturated rings. The molecule has 0 saturated heterocycles. The standard InChI is InChI=1S/C17H23N3O2/c1-5-11-20-16(22)13-10-8-7-9-12(13)14(19-20)15(21)18-17(3,4)6-2/h7-10H,5-6,11H2,1-4H3,(H,18,21). The number of nitrogens with zero attached hydrogens (tertiary/aromatic N) is 2. The van der Waals surface area contributed by atoms with Gasteiger partial charge in [0.2, 0.25) is 0 Å². The quantitative estimate of drug-likeness (QED) is 0.923. The summed E-state index contributed by atoms with van der Waals surface area (Å²) < 4.78 is 1.39. The summed E-state index contributed by atoms with van der Waals surface area (Å²) in [5.74, 6) is -0.243. The fraction of sp³-hybridized carbons (Fsp3) is 0.471. The van der Waals surface area contributed by atoms with Gasteiger partial charge in [-0.3, -0.25) is 9.59 Å². The number of hydrogen-bond acceptors (Lipinski definition) is 3. The maximum Gasteiger partial charge on any atom is 0.274 e. The Hall–Kier alpha value is -2.17. The molecule has 0 aliphatic carbocycles. The van der Waals surface area contributed by atoms with Crippen molar-refractivity contribution >= 4 is 16.7 Å². The Kier molecular flexibility index (Phi) is 4.64. The normalized spacial score (nSPS) is 11.6. The summed E-state index contributed by atoms with van der Waals surface area (Å²) in [4.78, 5) is 25.0. The number of hydrogen-bond donors (Lipinski definition) is 1. The van der Waals surface area contributed by atoms with Crippen LogP contribution in [0, 0.1) is 0 Å². The second-order valence-corrected chi connectivity index (χ2v) is 6.11. The minimum absolute atomic E-state index is 0.149. The second-order valence-electron chi connectivity index (χ2n) is 6.11. The Labute approximate surface area is 130 Å². The number of aryl methyl sites for hydroxylation is 1. The zero-order chi connectivity index (χ0) is 16.3. The van der Waals surface area contributed by atoms with Gasteiger partial charge in [-0.15, -0.1) is 0 Å². The number of rotatable bonds is 5. The lowest BCUT2D eigenvalue weighted by Gasteiger charge is -2.24. The molecule has 0 aliphatic rings. The van der Waals surface area contributed by atoms with E-state index in [1.165, 1.54) is 4.68 Å². The van der Waals surface area contributed by atoms with Crippen LogP contribution in [0.3, 0.4) is 0 Å². The highest BCUT2D eigenvalue weighted by atomic mass is 16.2. The highest BCUT2D eigenvalue weighted by Crippen LogP contribution is 2.15. The number of amides is 1. The van der Waals surface area contributed by atoms with Crippen LogP contribution < -0.4 is 10.9 Å². The molecule has 0 atom stereocenters. The van der Waals surface area contributed by atoms with Crippen molar-refractivity contribution in [3.8, 4) is 0 Å². The van der Waals surface area contributed by atoms with E-state index in [-0.39, 0.29) is 17.0 Å². The molecule has 1 amide bonds. The molecule has 1 aromatic heterocycles. The van der Waals surface area contributed by atoms with E-state index in [0.717, 1.165) is 12.8 Å². The summed E-state index contributed by atoms with van der Waals surface area (Å²) >= 11 is 0. The summed E-state index contributed by atoms with van der Waals surface area (Å²) in [6.45, 7) is 8.43. The van der Waals surface area contributed by atoms with Gasteiger partial charge in [0.05, 0.1) is 5.39 Å². The Morgan fingerprint density at radius 3 is 2.45 bits per heavy atom. The van der Waals surface area contributed by atoms with Crippen LogP contribution in [0.2, 0.25) is 0 Å². The minimum Gasteiger partial charge on any atom is -0.346 e. The lowest BCUT2D eigenvalue weighted by Crippen LogP contribution is -2.43. The van der Waals surface area contributed by atoms with E-state index in [1.807, 2.05) is 33.8 Å². The van der Waals surface area contributed by atoms with Crippen LogP contribution >= 0.6 is 0 Å². The molecule has 0 bridgehead atoms. The van der Waals surface area contributed by atoms with Gasteiger partial charge < -0.3 is 5.32 Å². The number of carbonyl (C=O) groups is 1. The van der Waals surface area contributed by atoms with Gasteiger partial charge >= 0.3 is 0 Å². The second kappa shape index (κ2) is 6.30. The smallest absolute Gasteiger partial charge is 0.274 e. The first-order chi connectivity index (χ1) is 10.4. The van der Waals surface area contributed by atoms with Crippen LogP contribution in [-0.4, -0.2) is 21.2 Å². The maximum atomic E-state index is 12.6. The van der Waals surface area contributed by atoms with Crippen molar-refractivity contribution in [3.63, 3.8) is 0 Å². The van der Waals surface area contributed by atoms with Gasteiger partial charge in [-0.25, -0.2) is 4.68 Å². The number of fused-ring (bicyclic) bond motifs is 1. The summed E-state index contributed by atoms with van der Waals surface area (Å²) in [6.07, 6.45) is 1.60. The van der Waals surface area contributed by atoms with Crippen molar-refractivity contribution in [1.29, 1.82) is 0 Å². The molecule has 5 heteroatoms. The Bertz CT molecular complexity index is 747. The lowest BCUT2D eigenvalue weighted by atomic mass is 10.0. The molecule has 5 nitrogen and oxygen atoms in total. The molecular weight excluding hydrogens is 278 g/mol. The Morgan fingerprint density at radius 2 is 1.86 bits per heavy atom. The molecule has 0 saturated carbocycles. The third kappa shape index (κ3) is 3.18. The molecule has 2 aromatic rings. The van der Waals surface area contributed by atoms with E-state index >= 15 is 0 Å². The largest absolute Gasteiger partial charge is 0.346 e. The van der Waals surface area contributed by atoms with Gasteiger partial charge in [0.15, 0.2) is 5.69 Å². The molecule has 1 aromatic carbocycles. The SMILES string of the molecule is CCCn1nc(C(=O)NC(C)(C)CC)c2ccccc2c1=O.